The summed E-state index contributed by atoms with van der Waals surface area (Å²) in [5.74, 6) is -0.497. The van der Waals surface area contributed by atoms with Crippen molar-refractivity contribution < 1.29 is 14.3 Å². The number of amides is 1. The predicted molar refractivity (Wildman–Crippen MR) is 83.2 cm³/mol. The zero-order valence-corrected chi connectivity index (χ0v) is 13.8. The Labute approximate surface area is 135 Å². The maximum atomic E-state index is 12.8. The molecule has 3 rings (SSSR count). The van der Waals surface area contributed by atoms with Gasteiger partial charge in [-0.2, -0.15) is 0 Å². The first-order chi connectivity index (χ1) is 10.2. The lowest BCUT2D eigenvalue weighted by Crippen LogP contribution is -2.53. The van der Waals surface area contributed by atoms with E-state index in [4.69, 9.17) is 16.3 Å². The van der Waals surface area contributed by atoms with Crippen molar-refractivity contribution in [2.75, 3.05) is 0 Å². The van der Waals surface area contributed by atoms with Crippen LogP contribution in [0.15, 0.2) is 24.3 Å². The van der Waals surface area contributed by atoms with E-state index in [-0.39, 0.29) is 11.9 Å². The first-order valence-electron chi connectivity index (χ1n) is 7.50. The minimum atomic E-state index is -1.07. The number of carbonyl (C=O) groups is 2. The summed E-state index contributed by atoms with van der Waals surface area (Å²) in [5.41, 5.74) is -1.34. The van der Waals surface area contributed by atoms with Gasteiger partial charge in [0.05, 0.1) is 5.41 Å². The molecule has 2 fully saturated rings. The summed E-state index contributed by atoms with van der Waals surface area (Å²) < 4.78 is 5.56. The molecule has 4 nitrogen and oxygen atoms in total. The second-order valence-electron chi connectivity index (χ2n) is 6.95. The van der Waals surface area contributed by atoms with E-state index in [0.717, 1.165) is 5.56 Å². The lowest BCUT2D eigenvalue weighted by Gasteiger charge is -2.35. The number of ether oxygens (including phenoxy) is 1. The van der Waals surface area contributed by atoms with Crippen LogP contribution in [0.4, 0.5) is 0 Å². The fourth-order valence-corrected chi connectivity index (χ4v) is 3.91. The van der Waals surface area contributed by atoms with Gasteiger partial charge in [0.25, 0.3) is 5.91 Å². The molecule has 0 unspecified atom stereocenters. The monoisotopic (exact) mass is 321 g/mol. The van der Waals surface area contributed by atoms with E-state index >= 15 is 0 Å². The Balaban J connectivity index is 1.81. The molecule has 0 spiro atoms. The number of fused-ring (bicyclic) bond motifs is 2. The van der Waals surface area contributed by atoms with Crippen molar-refractivity contribution in [1.82, 2.24) is 5.32 Å². The fraction of sp³-hybridized carbons (Fsp3) is 0.529. The number of benzene rings is 1. The molecule has 5 heteroatoms. The third kappa shape index (κ3) is 1.76. The molecule has 2 bridgehead atoms. The lowest BCUT2D eigenvalue weighted by atomic mass is 9.66. The molecule has 1 amide bonds. The maximum absolute atomic E-state index is 12.8. The Morgan fingerprint density at radius 3 is 2.50 bits per heavy atom. The topological polar surface area (TPSA) is 55.4 Å². The number of hydrogen-bond donors (Lipinski definition) is 1. The minimum Gasteiger partial charge on any atom is -0.448 e. The average Bonchev–Trinajstić information content (AvgIpc) is 2.76. The molecule has 0 aromatic heterocycles. The zero-order chi connectivity index (χ0) is 16.2. The summed E-state index contributed by atoms with van der Waals surface area (Å²) in [7, 11) is 0. The van der Waals surface area contributed by atoms with Crippen LogP contribution < -0.4 is 5.32 Å². The summed E-state index contributed by atoms with van der Waals surface area (Å²) in [5, 5.41) is 3.50. The highest BCUT2D eigenvalue weighted by Crippen LogP contribution is 2.65. The van der Waals surface area contributed by atoms with Crippen molar-refractivity contribution in [3.05, 3.63) is 34.9 Å². The van der Waals surface area contributed by atoms with Crippen LogP contribution in [0.2, 0.25) is 5.02 Å². The minimum absolute atomic E-state index is 0.230. The van der Waals surface area contributed by atoms with Crippen LogP contribution in [0.1, 0.15) is 39.2 Å². The summed E-state index contributed by atoms with van der Waals surface area (Å²) >= 11 is 6.11. The van der Waals surface area contributed by atoms with Crippen molar-refractivity contribution in [3.8, 4) is 0 Å². The Bertz CT molecular complexity index is 657. The second kappa shape index (κ2) is 4.72. The van der Waals surface area contributed by atoms with Crippen molar-refractivity contribution in [2.45, 2.75) is 45.8 Å². The van der Waals surface area contributed by atoms with Crippen molar-refractivity contribution in [1.29, 1.82) is 0 Å². The van der Waals surface area contributed by atoms with Gasteiger partial charge in [-0.25, -0.2) is 0 Å². The Morgan fingerprint density at radius 1 is 1.27 bits per heavy atom. The van der Waals surface area contributed by atoms with E-state index in [1.54, 1.807) is 6.07 Å². The van der Waals surface area contributed by atoms with Gasteiger partial charge < -0.3 is 10.1 Å². The average molecular weight is 322 g/mol. The molecule has 1 aliphatic heterocycles. The molecule has 1 aliphatic carbocycles. The molecule has 1 heterocycles. The Kier molecular flexibility index (Phi) is 3.29. The Hall–Kier alpha value is -1.55. The predicted octanol–water partition coefficient (Wildman–Crippen LogP) is 3.08. The molecule has 1 N–H and O–H groups in total. The quantitative estimate of drug-likeness (QED) is 0.870. The number of halogens is 1. The fourth-order valence-electron chi connectivity index (χ4n) is 3.71. The first kappa shape index (κ1) is 15.3. The van der Waals surface area contributed by atoms with Crippen LogP contribution in [0.25, 0.3) is 0 Å². The number of nitrogens with one attached hydrogen (secondary N) is 1. The molecule has 2 atom stereocenters. The van der Waals surface area contributed by atoms with E-state index in [1.165, 1.54) is 0 Å². The molecule has 1 saturated heterocycles. The van der Waals surface area contributed by atoms with E-state index in [2.05, 4.69) is 5.32 Å². The molecular weight excluding hydrogens is 302 g/mol. The van der Waals surface area contributed by atoms with Crippen LogP contribution in [0.3, 0.4) is 0 Å². The highest BCUT2D eigenvalue weighted by Gasteiger charge is 2.75. The van der Waals surface area contributed by atoms with Crippen molar-refractivity contribution >= 4 is 23.5 Å². The van der Waals surface area contributed by atoms with E-state index in [1.807, 2.05) is 39.0 Å². The van der Waals surface area contributed by atoms with Gasteiger partial charge >= 0.3 is 5.97 Å². The zero-order valence-electron chi connectivity index (χ0n) is 13.0. The number of carbonyl (C=O) groups excluding carboxylic acids is 2. The van der Waals surface area contributed by atoms with Gasteiger partial charge in [-0.1, -0.05) is 43.6 Å². The highest BCUT2D eigenvalue weighted by atomic mass is 35.5. The standard InChI is InChI=1S/C17H20ClNO3/c1-15(2)16(3)8-9-17(15,22-14(16)21)13(20)19-10-11-6-4-5-7-12(11)18/h4-7H,8-10H2,1-3H3,(H,19,20)/t16-,17-/m0/s1. The molecule has 118 valence electrons. The highest BCUT2D eigenvalue weighted by molar-refractivity contribution is 6.31. The SMILES string of the molecule is CC1(C)[C@@]2(C)CC[C@@]1(C(=O)NCc1ccccc1Cl)OC2=O. The van der Waals surface area contributed by atoms with Crippen LogP contribution in [0.5, 0.6) is 0 Å². The van der Waals surface area contributed by atoms with E-state index < -0.39 is 16.4 Å². The summed E-state index contributed by atoms with van der Waals surface area (Å²) in [6, 6.07) is 7.37. The molecule has 2 aliphatic rings. The number of rotatable bonds is 3. The molecule has 1 aromatic carbocycles. The number of hydrogen-bond acceptors (Lipinski definition) is 3. The summed E-state index contributed by atoms with van der Waals surface area (Å²) in [6.07, 6.45) is 1.24. The van der Waals surface area contributed by atoms with Gasteiger partial charge in [0.15, 0.2) is 5.60 Å². The van der Waals surface area contributed by atoms with Gasteiger partial charge in [-0.3, -0.25) is 9.59 Å². The van der Waals surface area contributed by atoms with Crippen molar-refractivity contribution in [2.24, 2.45) is 10.8 Å². The maximum Gasteiger partial charge on any atom is 0.313 e. The summed E-state index contributed by atoms with van der Waals surface area (Å²) in [6.45, 7) is 6.11. The van der Waals surface area contributed by atoms with Crippen LogP contribution in [-0.4, -0.2) is 17.5 Å². The molecular formula is C17H20ClNO3. The first-order valence-corrected chi connectivity index (χ1v) is 7.88. The van der Waals surface area contributed by atoms with Gasteiger partial charge in [0.2, 0.25) is 0 Å². The van der Waals surface area contributed by atoms with Crippen LogP contribution in [0, 0.1) is 10.8 Å². The van der Waals surface area contributed by atoms with Crippen LogP contribution >= 0.6 is 11.6 Å². The lowest BCUT2D eigenvalue weighted by molar-refractivity contribution is -0.168. The third-order valence-electron chi connectivity index (χ3n) is 5.85. The van der Waals surface area contributed by atoms with E-state index in [0.29, 0.717) is 24.4 Å². The van der Waals surface area contributed by atoms with Gasteiger partial charge in [-0.05, 0) is 31.4 Å². The largest absolute Gasteiger partial charge is 0.448 e. The number of esters is 1. The molecule has 1 saturated carbocycles. The van der Waals surface area contributed by atoms with Crippen LogP contribution in [-0.2, 0) is 20.9 Å². The van der Waals surface area contributed by atoms with E-state index in [9.17, 15) is 9.59 Å². The smallest absolute Gasteiger partial charge is 0.313 e. The third-order valence-corrected chi connectivity index (χ3v) is 6.22. The molecule has 22 heavy (non-hydrogen) atoms. The van der Waals surface area contributed by atoms with Gasteiger partial charge in [-0.15, -0.1) is 0 Å². The molecule has 0 radical (unpaired) electrons. The molecule has 1 aromatic rings. The van der Waals surface area contributed by atoms with Gasteiger partial charge in [0, 0.05) is 17.0 Å². The second-order valence-corrected chi connectivity index (χ2v) is 7.35. The Morgan fingerprint density at radius 2 is 1.95 bits per heavy atom. The summed E-state index contributed by atoms with van der Waals surface area (Å²) in [4.78, 5) is 25.0. The van der Waals surface area contributed by atoms with Crippen molar-refractivity contribution in [3.63, 3.8) is 0 Å². The van der Waals surface area contributed by atoms with Gasteiger partial charge in [0.1, 0.15) is 0 Å². The normalized spacial score (nSPS) is 31.9.